The standard InChI is InChI=1S/C16H17N3O/c1-12(9-14-5-3-4-6-15(14)20-2)19-16-8-7-13(10-17)11-18-16/h3-8,11-12H,9H2,1-2H3,(H,18,19)/t12-/m0/s1. The Morgan fingerprint density at radius 3 is 2.75 bits per heavy atom. The van der Waals surface area contributed by atoms with Crippen LogP contribution >= 0.6 is 0 Å². The maximum absolute atomic E-state index is 8.74. The lowest BCUT2D eigenvalue weighted by atomic mass is 10.1. The monoisotopic (exact) mass is 267 g/mol. The van der Waals surface area contributed by atoms with Crippen LogP contribution in [0.25, 0.3) is 0 Å². The van der Waals surface area contributed by atoms with E-state index in [9.17, 15) is 0 Å². The largest absolute Gasteiger partial charge is 0.496 e. The highest BCUT2D eigenvalue weighted by Gasteiger charge is 2.08. The third-order valence-corrected chi connectivity index (χ3v) is 3.01. The molecule has 0 fully saturated rings. The fourth-order valence-electron chi connectivity index (χ4n) is 2.05. The number of benzene rings is 1. The van der Waals surface area contributed by atoms with Crippen LogP contribution in [0.1, 0.15) is 18.1 Å². The van der Waals surface area contributed by atoms with Gasteiger partial charge in [0, 0.05) is 12.2 Å². The van der Waals surface area contributed by atoms with E-state index in [0.717, 1.165) is 23.6 Å². The smallest absolute Gasteiger partial charge is 0.126 e. The second kappa shape index (κ2) is 6.58. The van der Waals surface area contributed by atoms with Gasteiger partial charge < -0.3 is 10.1 Å². The Labute approximate surface area is 119 Å². The number of rotatable bonds is 5. The minimum Gasteiger partial charge on any atom is -0.496 e. The highest BCUT2D eigenvalue weighted by molar-refractivity contribution is 5.41. The number of methoxy groups -OCH3 is 1. The number of aromatic nitrogens is 1. The lowest BCUT2D eigenvalue weighted by Gasteiger charge is -2.16. The lowest BCUT2D eigenvalue weighted by Crippen LogP contribution is -2.19. The summed E-state index contributed by atoms with van der Waals surface area (Å²) >= 11 is 0. The van der Waals surface area contributed by atoms with Gasteiger partial charge in [-0.25, -0.2) is 4.98 Å². The fraction of sp³-hybridized carbons (Fsp3) is 0.250. The van der Waals surface area contributed by atoms with Gasteiger partial charge in [0.2, 0.25) is 0 Å². The number of ether oxygens (including phenoxy) is 1. The molecule has 20 heavy (non-hydrogen) atoms. The first-order valence-corrected chi connectivity index (χ1v) is 6.47. The predicted molar refractivity (Wildman–Crippen MR) is 78.7 cm³/mol. The van der Waals surface area contributed by atoms with Crippen LogP contribution in [-0.4, -0.2) is 18.1 Å². The number of nitrogens with one attached hydrogen (secondary N) is 1. The van der Waals surface area contributed by atoms with Crippen LogP contribution in [0.5, 0.6) is 5.75 Å². The van der Waals surface area contributed by atoms with Crippen molar-refractivity contribution in [2.75, 3.05) is 12.4 Å². The van der Waals surface area contributed by atoms with Crippen molar-refractivity contribution in [3.8, 4) is 11.8 Å². The summed E-state index contributed by atoms with van der Waals surface area (Å²) in [6, 6.07) is 13.8. The van der Waals surface area contributed by atoms with Gasteiger partial charge in [0.25, 0.3) is 0 Å². The van der Waals surface area contributed by atoms with E-state index in [4.69, 9.17) is 10.00 Å². The first-order chi connectivity index (χ1) is 9.72. The number of pyridine rings is 1. The predicted octanol–water partition coefficient (Wildman–Crippen LogP) is 3.00. The second-order valence-corrected chi connectivity index (χ2v) is 4.61. The van der Waals surface area contributed by atoms with Gasteiger partial charge in [-0.2, -0.15) is 5.26 Å². The molecule has 0 aliphatic carbocycles. The fourth-order valence-corrected chi connectivity index (χ4v) is 2.05. The van der Waals surface area contributed by atoms with E-state index < -0.39 is 0 Å². The Bertz CT molecular complexity index is 602. The summed E-state index contributed by atoms with van der Waals surface area (Å²) in [6.45, 7) is 2.09. The summed E-state index contributed by atoms with van der Waals surface area (Å²) in [5.41, 5.74) is 1.72. The van der Waals surface area contributed by atoms with E-state index in [0.29, 0.717) is 5.56 Å². The van der Waals surface area contributed by atoms with E-state index >= 15 is 0 Å². The zero-order valence-corrected chi connectivity index (χ0v) is 11.6. The van der Waals surface area contributed by atoms with Crippen molar-refractivity contribution in [2.24, 2.45) is 0 Å². The molecule has 1 aromatic heterocycles. The number of hydrogen-bond acceptors (Lipinski definition) is 4. The molecule has 1 aromatic carbocycles. The Balaban J connectivity index is 2.01. The van der Waals surface area contributed by atoms with Crippen LogP contribution in [0, 0.1) is 11.3 Å². The molecule has 0 saturated heterocycles. The molecule has 0 aliphatic rings. The second-order valence-electron chi connectivity index (χ2n) is 4.61. The SMILES string of the molecule is COc1ccccc1C[C@H](C)Nc1ccc(C#N)cn1. The van der Waals surface area contributed by atoms with Crippen LogP contribution < -0.4 is 10.1 Å². The van der Waals surface area contributed by atoms with Crippen LogP contribution in [-0.2, 0) is 6.42 Å². The van der Waals surface area contributed by atoms with Crippen LogP contribution in [0.3, 0.4) is 0 Å². The van der Waals surface area contributed by atoms with Crippen molar-refractivity contribution < 1.29 is 4.74 Å². The van der Waals surface area contributed by atoms with Crippen molar-refractivity contribution in [1.29, 1.82) is 5.26 Å². The van der Waals surface area contributed by atoms with Crippen LogP contribution in [0.15, 0.2) is 42.6 Å². The van der Waals surface area contributed by atoms with Crippen molar-refractivity contribution in [3.05, 3.63) is 53.7 Å². The van der Waals surface area contributed by atoms with Crippen molar-refractivity contribution in [2.45, 2.75) is 19.4 Å². The molecule has 0 spiro atoms. The molecule has 4 heteroatoms. The Kier molecular flexibility index (Phi) is 4.56. The molecule has 0 saturated carbocycles. The topological polar surface area (TPSA) is 57.9 Å². The van der Waals surface area contributed by atoms with Gasteiger partial charge >= 0.3 is 0 Å². The lowest BCUT2D eigenvalue weighted by molar-refractivity contribution is 0.409. The molecule has 0 bridgehead atoms. The average Bonchev–Trinajstić information content (AvgIpc) is 2.48. The summed E-state index contributed by atoms with van der Waals surface area (Å²) in [5, 5.41) is 12.1. The van der Waals surface area contributed by atoms with E-state index in [-0.39, 0.29) is 6.04 Å². The van der Waals surface area contributed by atoms with Gasteiger partial charge in [0.1, 0.15) is 17.6 Å². The maximum Gasteiger partial charge on any atom is 0.126 e. The van der Waals surface area contributed by atoms with Gasteiger partial charge in [0.15, 0.2) is 0 Å². The molecule has 0 unspecified atom stereocenters. The summed E-state index contributed by atoms with van der Waals surface area (Å²) in [7, 11) is 1.68. The molecular weight excluding hydrogens is 250 g/mol. The molecule has 0 amide bonds. The summed E-state index contributed by atoms with van der Waals surface area (Å²) in [5.74, 6) is 1.67. The van der Waals surface area contributed by atoms with Gasteiger partial charge in [-0.3, -0.25) is 0 Å². The summed E-state index contributed by atoms with van der Waals surface area (Å²) in [4.78, 5) is 4.21. The van der Waals surface area contributed by atoms with Gasteiger partial charge in [-0.1, -0.05) is 18.2 Å². The normalized spacial score (nSPS) is 11.4. The van der Waals surface area contributed by atoms with Crippen LogP contribution in [0.2, 0.25) is 0 Å². The number of para-hydroxylation sites is 1. The van der Waals surface area contributed by atoms with E-state index in [1.807, 2.05) is 24.3 Å². The van der Waals surface area contributed by atoms with E-state index in [1.165, 1.54) is 0 Å². The van der Waals surface area contributed by atoms with Crippen molar-refractivity contribution in [1.82, 2.24) is 4.98 Å². The van der Waals surface area contributed by atoms with Crippen molar-refractivity contribution in [3.63, 3.8) is 0 Å². The molecule has 1 atom stereocenters. The number of nitriles is 1. The first-order valence-electron chi connectivity index (χ1n) is 6.47. The molecule has 2 aromatic rings. The number of anilines is 1. The summed E-state index contributed by atoms with van der Waals surface area (Å²) in [6.07, 6.45) is 2.41. The van der Waals surface area contributed by atoms with Gasteiger partial charge in [-0.15, -0.1) is 0 Å². The average molecular weight is 267 g/mol. The molecule has 1 heterocycles. The third kappa shape index (κ3) is 3.48. The molecule has 0 aliphatic heterocycles. The number of hydrogen-bond donors (Lipinski definition) is 1. The minimum absolute atomic E-state index is 0.215. The van der Waals surface area contributed by atoms with E-state index in [1.54, 1.807) is 19.4 Å². The Hall–Kier alpha value is -2.54. The van der Waals surface area contributed by atoms with Crippen molar-refractivity contribution >= 4 is 5.82 Å². The molecule has 4 nitrogen and oxygen atoms in total. The first kappa shape index (κ1) is 13.9. The number of nitrogens with zero attached hydrogens (tertiary/aromatic N) is 2. The molecule has 2 rings (SSSR count). The zero-order valence-electron chi connectivity index (χ0n) is 11.6. The Morgan fingerprint density at radius 1 is 1.30 bits per heavy atom. The van der Waals surface area contributed by atoms with Crippen LogP contribution in [0.4, 0.5) is 5.82 Å². The van der Waals surface area contributed by atoms with Gasteiger partial charge in [0.05, 0.1) is 12.7 Å². The quantitative estimate of drug-likeness (QED) is 0.904. The third-order valence-electron chi connectivity index (χ3n) is 3.01. The summed E-state index contributed by atoms with van der Waals surface area (Å²) < 4.78 is 5.35. The molecular formula is C16H17N3O. The highest BCUT2D eigenvalue weighted by Crippen LogP contribution is 2.19. The maximum atomic E-state index is 8.74. The zero-order chi connectivity index (χ0) is 14.4. The minimum atomic E-state index is 0.215. The molecule has 102 valence electrons. The highest BCUT2D eigenvalue weighted by atomic mass is 16.5. The van der Waals surface area contributed by atoms with E-state index in [2.05, 4.69) is 29.4 Å². The van der Waals surface area contributed by atoms with Gasteiger partial charge in [-0.05, 0) is 37.1 Å². The molecule has 0 radical (unpaired) electrons. The molecule has 1 N–H and O–H groups in total. The Morgan fingerprint density at radius 2 is 2.10 bits per heavy atom.